The standard InChI is InChI=1S/C13H16ClN3OS/c1-4-15-10(12-9(14)8(2)7-19-12)11-13(18-3)17-6-5-16-11/h5-7,10,15H,4H2,1-3H3. The van der Waals surface area contributed by atoms with Gasteiger partial charge in [0.1, 0.15) is 5.69 Å². The van der Waals surface area contributed by atoms with E-state index in [0.29, 0.717) is 5.88 Å². The summed E-state index contributed by atoms with van der Waals surface area (Å²) >= 11 is 7.99. The molecule has 102 valence electrons. The average molecular weight is 298 g/mol. The first kappa shape index (κ1) is 14.2. The summed E-state index contributed by atoms with van der Waals surface area (Å²) < 4.78 is 5.29. The number of nitrogens with zero attached hydrogens (tertiary/aromatic N) is 2. The van der Waals surface area contributed by atoms with Crippen LogP contribution in [0.25, 0.3) is 0 Å². The highest BCUT2D eigenvalue weighted by atomic mass is 35.5. The van der Waals surface area contributed by atoms with Crippen LogP contribution in [-0.4, -0.2) is 23.6 Å². The molecule has 0 amide bonds. The van der Waals surface area contributed by atoms with E-state index < -0.39 is 0 Å². The summed E-state index contributed by atoms with van der Waals surface area (Å²) in [5, 5.41) is 6.22. The van der Waals surface area contributed by atoms with Crippen LogP contribution < -0.4 is 10.1 Å². The molecule has 1 unspecified atom stereocenters. The van der Waals surface area contributed by atoms with Crippen LogP contribution in [-0.2, 0) is 0 Å². The number of nitrogens with one attached hydrogen (secondary N) is 1. The summed E-state index contributed by atoms with van der Waals surface area (Å²) in [4.78, 5) is 9.63. The Morgan fingerprint density at radius 1 is 1.42 bits per heavy atom. The quantitative estimate of drug-likeness (QED) is 0.920. The SMILES string of the molecule is CCNC(c1nccnc1OC)c1scc(C)c1Cl. The molecule has 0 saturated carbocycles. The van der Waals surface area contributed by atoms with Crippen molar-refractivity contribution in [3.05, 3.63) is 38.9 Å². The van der Waals surface area contributed by atoms with E-state index in [2.05, 4.69) is 15.3 Å². The lowest BCUT2D eigenvalue weighted by atomic mass is 10.1. The molecule has 0 fully saturated rings. The fourth-order valence-electron chi connectivity index (χ4n) is 1.85. The molecule has 19 heavy (non-hydrogen) atoms. The molecule has 0 radical (unpaired) electrons. The number of methoxy groups -OCH3 is 1. The first-order chi connectivity index (χ1) is 9.19. The van der Waals surface area contributed by atoms with Crippen LogP contribution in [0.4, 0.5) is 0 Å². The number of thiophene rings is 1. The van der Waals surface area contributed by atoms with Crippen LogP contribution >= 0.6 is 22.9 Å². The first-order valence-electron chi connectivity index (χ1n) is 6.00. The van der Waals surface area contributed by atoms with Gasteiger partial charge in [-0.1, -0.05) is 18.5 Å². The van der Waals surface area contributed by atoms with Gasteiger partial charge < -0.3 is 10.1 Å². The molecule has 0 bridgehead atoms. The molecule has 0 aliphatic heterocycles. The minimum atomic E-state index is -0.0974. The lowest BCUT2D eigenvalue weighted by Gasteiger charge is -2.18. The van der Waals surface area contributed by atoms with E-state index in [0.717, 1.165) is 27.7 Å². The van der Waals surface area contributed by atoms with Crippen molar-refractivity contribution in [1.29, 1.82) is 0 Å². The van der Waals surface area contributed by atoms with Gasteiger partial charge in [0.2, 0.25) is 5.88 Å². The van der Waals surface area contributed by atoms with Crippen molar-refractivity contribution in [2.45, 2.75) is 19.9 Å². The Balaban J connectivity index is 2.48. The highest BCUT2D eigenvalue weighted by Gasteiger charge is 2.24. The van der Waals surface area contributed by atoms with Gasteiger partial charge >= 0.3 is 0 Å². The van der Waals surface area contributed by atoms with Crippen molar-refractivity contribution in [2.24, 2.45) is 0 Å². The molecular formula is C13H16ClN3OS. The fraction of sp³-hybridized carbons (Fsp3) is 0.385. The fourth-order valence-corrected chi connectivity index (χ4v) is 3.23. The van der Waals surface area contributed by atoms with Crippen molar-refractivity contribution >= 4 is 22.9 Å². The maximum absolute atomic E-state index is 6.37. The summed E-state index contributed by atoms with van der Waals surface area (Å²) in [6, 6.07) is -0.0974. The van der Waals surface area contributed by atoms with Gasteiger partial charge in [-0.2, -0.15) is 0 Å². The van der Waals surface area contributed by atoms with Crippen LogP contribution in [0.5, 0.6) is 5.88 Å². The van der Waals surface area contributed by atoms with E-state index in [1.165, 1.54) is 0 Å². The minimum absolute atomic E-state index is 0.0974. The number of ether oxygens (including phenoxy) is 1. The van der Waals surface area contributed by atoms with Gasteiger partial charge in [-0.05, 0) is 24.4 Å². The van der Waals surface area contributed by atoms with Crippen molar-refractivity contribution in [3.8, 4) is 5.88 Å². The van der Waals surface area contributed by atoms with Gasteiger partial charge in [0.25, 0.3) is 0 Å². The summed E-state index contributed by atoms with van der Waals surface area (Å²) in [7, 11) is 1.60. The van der Waals surface area contributed by atoms with Crippen LogP contribution in [0.2, 0.25) is 5.02 Å². The number of rotatable bonds is 5. The maximum atomic E-state index is 6.37. The lowest BCUT2D eigenvalue weighted by molar-refractivity contribution is 0.383. The van der Waals surface area contributed by atoms with Crippen LogP contribution in [0.15, 0.2) is 17.8 Å². The van der Waals surface area contributed by atoms with Crippen LogP contribution in [0.1, 0.15) is 29.1 Å². The number of hydrogen-bond donors (Lipinski definition) is 1. The van der Waals surface area contributed by atoms with Gasteiger partial charge in [-0.15, -0.1) is 11.3 Å². The Bertz CT molecular complexity index is 559. The smallest absolute Gasteiger partial charge is 0.237 e. The van der Waals surface area contributed by atoms with Crippen LogP contribution in [0, 0.1) is 6.92 Å². The molecule has 2 aromatic heterocycles. The molecule has 0 aliphatic carbocycles. The highest BCUT2D eigenvalue weighted by molar-refractivity contribution is 7.10. The van der Waals surface area contributed by atoms with Crippen LogP contribution in [0.3, 0.4) is 0 Å². The topological polar surface area (TPSA) is 47.0 Å². The summed E-state index contributed by atoms with van der Waals surface area (Å²) in [6.07, 6.45) is 3.28. The van der Waals surface area contributed by atoms with Gasteiger partial charge in [-0.3, -0.25) is 4.98 Å². The zero-order valence-corrected chi connectivity index (χ0v) is 12.7. The van der Waals surface area contributed by atoms with Gasteiger partial charge in [0.15, 0.2) is 0 Å². The number of hydrogen-bond acceptors (Lipinski definition) is 5. The maximum Gasteiger partial charge on any atom is 0.237 e. The third-order valence-corrected chi connectivity index (χ3v) is 4.53. The summed E-state index contributed by atoms with van der Waals surface area (Å²) in [5.41, 5.74) is 1.84. The Kier molecular flexibility index (Phi) is 4.74. The third kappa shape index (κ3) is 2.88. The Hall–Kier alpha value is -1.17. The van der Waals surface area contributed by atoms with E-state index in [1.807, 2.05) is 19.2 Å². The molecule has 2 aromatic rings. The second-order valence-corrected chi connectivity index (χ2v) is 5.33. The number of aromatic nitrogens is 2. The van der Waals surface area contributed by atoms with Crippen molar-refractivity contribution in [1.82, 2.24) is 15.3 Å². The molecule has 1 N–H and O–H groups in total. The molecule has 0 spiro atoms. The van der Waals surface area contributed by atoms with Gasteiger partial charge in [-0.25, -0.2) is 4.98 Å². The molecule has 0 aromatic carbocycles. The Labute approximate surface area is 121 Å². The lowest BCUT2D eigenvalue weighted by Crippen LogP contribution is -2.23. The number of aryl methyl sites for hydroxylation is 1. The van der Waals surface area contributed by atoms with E-state index >= 15 is 0 Å². The third-order valence-electron chi connectivity index (χ3n) is 2.75. The van der Waals surface area contributed by atoms with Gasteiger partial charge in [0, 0.05) is 17.3 Å². The zero-order chi connectivity index (χ0) is 13.8. The number of halogens is 1. The average Bonchev–Trinajstić information content (AvgIpc) is 2.76. The molecule has 4 nitrogen and oxygen atoms in total. The van der Waals surface area contributed by atoms with Gasteiger partial charge in [0.05, 0.1) is 18.2 Å². The molecule has 2 rings (SSSR count). The predicted octanol–water partition coefficient (Wildman–Crippen LogP) is 3.21. The molecule has 0 saturated heterocycles. The summed E-state index contributed by atoms with van der Waals surface area (Å²) in [5.74, 6) is 0.524. The highest BCUT2D eigenvalue weighted by Crippen LogP contribution is 2.37. The second-order valence-electron chi connectivity index (χ2n) is 4.04. The van der Waals surface area contributed by atoms with Crippen molar-refractivity contribution in [2.75, 3.05) is 13.7 Å². The molecular weight excluding hydrogens is 282 g/mol. The van der Waals surface area contributed by atoms with E-state index in [1.54, 1.807) is 30.8 Å². The molecule has 6 heteroatoms. The van der Waals surface area contributed by atoms with E-state index in [4.69, 9.17) is 16.3 Å². The molecule has 1 atom stereocenters. The first-order valence-corrected chi connectivity index (χ1v) is 7.26. The Morgan fingerprint density at radius 3 is 2.74 bits per heavy atom. The minimum Gasteiger partial charge on any atom is -0.480 e. The van der Waals surface area contributed by atoms with Crippen molar-refractivity contribution < 1.29 is 4.74 Å². The van der Waals surface area contributed by atoms with Crippen molar-refractivity contribution in [3.63, 3.8) is 0 Å². The Morgan fingerprint density at radius 2 is 2.16 bits per heavy atom. The second kappa shape index (κ2) is 6.32. The monoisotopic (exact) mass is 297 g/mol. The zero-order valence-electron chi connectivity index (χ0n) is 11.1. The largest absolute Gasteiger partial charge is 0.480 e. The normalized spacial score (nSPS) is 12.4. The predicted molar refractivity (Wildman–Crippen MR) is 78.2 cm³/mol. The molecule has 0 aliphatic rings. The van der Waals surface area contributed by atoms with E-state index in [-0.39, 0.29) is 6.04 Å². The summed E-state index contributed by atoms with van der Waals surface area (Å²) in [6.45, 7) is 4.85. The molecule has 2 heterocycles. The van der Waals surface area contributed by atoms with E-state index in [9.17, 15) is 0 Å².